The predicted molar refractivity (Wildman–Crippen MR) is 105 cm³/mol. The van der Waals surface area contributed by atoms with Gasteiger partial charge in [-0.3, -0.25) is 9.79 Å². The number of nitrogens with zero attached hydrogens (tertiary/aromatic N) is 2. The summed E-state index contributed by atoms with van der Waals surface area (Å²) in [4.78, 5) is 18.7. The lowest BCUT2D eigenvalue weighted by molar-refractivity contribution is -0.120. The summed E-state index contributed by atoms with van der Waals surface area (Å²) in [5.74, 6) is 3.03. The number of hydrogen-bond acceptors (Lipinski definition) is 3. The molecule has 1 saturated heterocycles. The Balaban J connectivity index is 1.73. The Hall–Kier alpha value is -2.24. The summed E-state index contributed by atoms with van der Waals surface area (Å²) in [6.45, 7) is 7.29. The summed E-state index contributed by atoms with van der Waals surface area (Å²) < 4.78 is 5.13. The van der Waals surface area contributed by atoms with E-state index in [9.17, 15) is 4.79 Å². The largest absolute Gasteiger partial charge is 0.497 e. The average Bonchev–Trinajstić information content (AvgIpc) is 3.08. The number of likely N-dealkylation sites (tertiary alicyclic amines) is 1. The zero-order valence-electron chi connectivity index (χ0n) is 16.4. The van der Waals surface area contributed by atoms with E-state index in [0.29, 0.717) is 6.54 Å². The van der Waals surface area contributed by atoms with Crippen molar-refractivity contribution in [2.75, 3.05) is 33.8 Å². The number of carbonyl (C=O) groups excluding carboxylic acids is 1. The number of methoxy groups -OCH3 is 1. The number of guanidine groups is 1. The lowest BCUT2D eigenvalue weighted by atomic mass is 9.97. The SMILES string of the molecule is CN=C(NCC(=O)NCc1ccc(OC)cc1)N1CCC(CC(C)C)C1. The number of amides is 1. The number of carbonyl (C=O) groups is 1. The second-order valence-electron chi connectivity index (χ2n) is 7.26. The average molecular weight is 361 g/mol. The van der Waals surface area contributed by atoms with Crippen LogP contribution in [0.4, 0.5) is 0 Å². The minimum Gasteiger partial charge on any atom is -0.497 e. The molecule has 2 N–H and O–H groups in total. The Morgan fingerprint density at radius 2 is 2.04 bits per heavy atom. The zero-order chi connectivity index (χ0) is 18.9. The Morgan fingerprint density at radius 3 is 2.65 bits per heavy atom. The molecule has 1 aromatic rings. The van der Waals surface area contributed by atoms with E-state index in [2.05, 4.69) is 34.4 Å². The van der Waals surface area contributed by atoms with Crippen molar-refractivity contribution in [2.45, 2.75) is 33.2 Å². The molecular weight excluding hydrogens is 328 g/mol. The van der Waals surface area contributed by atoms with E-state index in [0.717, 1.165) is 42.2 Å². The molecule has 144 valence electrons. The normalized spacial score (nSPS) is 17.5. The highest BCUT2D eigenvalue weighted by molar-refractivity contribution is 5.86. The number of aliphatic imine (C=N–C) groups is 1. The molecule has 6 nitrogen and oxygen atoms in total. The van der Waals surface area contributed by atoms with Crippen molar-refractivity contribution >= 4 is 11.9 Å². The first-order chi connectivity index (χ1) is 12.5. The smallest absolute Gasteiger partial charge is 0.239 e. The van der Waals surface area contributed by atoms with Gasteiger partial charge in [-0.25, -0.2) is 0 Å². The monoisotopic (exact) mass is 360 g/mol. The van der Waals surface area contributed by atoms with Crippen molar-refractivity contribution in [1.82, 2.24) is 15.5 Å². The van der Waals surface area contributed by atoms with Gasteiger partial charge in [-0.2, -0.15) is 0 Å². The van der Waals surface area contributed by atoms with E-state index < -0.39 is 0 Å². The van der Waals surface area contributed by atoms with E-state index in [1.165, 1.54) is 12.8 Å². The van der Waals surface area contributed by atoms with Crippen LogP contribution in [-0.2, 0) is 11.3 Å². The van der Waals surface area contributed by atoms with Crippen LogP contribution >= 0.6 is 0 Å². The third-order valence-corrected chi connectivity index (χ3v) is 4.66. The van der Waals surface area contributed by atoms with E-state index in [-0.39, 0.29) is 12.5 Å². The summed E-state index contributed by atoms with van der Waals surface area (Å²) in [5.41, 5.74) is 1.04. The molecular formula is C20H32N4O2. The van der Waals surface area contributed by atoms with Gasteiger partial charge in [0, 0.05) is 26.7 Å². The Bertz CT molecular complexity index is 598. The molecule has 1 aromatic carbocycles. The standard InChI is InChI=1S/C20H32N4O2/c1-15(2)11-17-9-10-24(14-17)20(21-3)23-13-19(25)22-12-16-5-7-18(26-4)8-6-16/h5-8,15,17H,9-14H2,1-4H3,(H,21,23)(H,22,25). The highest BCUT2D eigenvalue weighted by Gasteiger charge is 2.25. The lowest BCUT2D eigenvalue weighted by Crippen LogP contribution is -2.44. The van der Waals surface area contributed by atoms with Crippen LogP contribution in [-0.4, -0.2) is 50.6 Å². The van der Waals surface area contributed by atoms with Gasteiger partial charge in [-0.05, 0) is 42.4 Å². The molecule has 0 spiro atoms. The molecule has 1 amide bonds. The minimum atomic E-state index is -0.0418. The number of ether oxygens (including phenoxy) is 1. The third kappa shape index (κ3) is 6.24. The summed E-state index contributed by atoms with van der Waals surface area (Å²) in [5, 5.41) is 6.11. The van der Waals surface area contributed by atoms with E-state index >= 15 is 0 Å². The van der Waals surface area contributed by atoms with Crippen LogP contribution in [0.5, 0.6) is 5.75 Å². The fraction of sp³-hybridized carbons (Fsp3) is 0.600. The second kappa shape index (κ2) is 10.0. The maximum atomic E-state index is 12.1. The van der Waals surface area contributed by atoms with Crippen LogP contribution in [0, 0.1) is 11.8 Å². The first-order valence-corrected chi connectivity index (χ1v) is 9.37. The van der Waals surface area contributed by atoms with Crippen LogP contribution in [0.2, 0.25) is 0 Å². The molecule has 1 heterocycles. The van der Waals surface area contributed by atoms with Crippen molar-refractivity contribution in [1.29, 1.82) is 0 Å². The molecule has 26 heavy (non-hydrogen) atoms. The molecule has 0 radical (unpaired) electrons. The summed E-state index contributed by atoms with van der Waals surface area (Å²) in [7, 11) is 3.41. The third-order valence-electron chi connectivity index (χ3n) is 4.66. The van der Waals surface area contributed by atoms with Crippen molar-refractivity contribution < 1.29 is 9.53 Å². The molecule has 1 atom stereocenters. The molecule has 0 aliphatic carbocycles. The maximum absolute atomic E-state index is 12.1. The Kier molecular flexibility index (Phi) is 7.75. The maximum Gasteiger partial charge on any atom is 0.239 e. The van der Waals surface area contributed by atoms with E-state index in [1.807, 2.05) is 24.3 Å². The molecule has 0 bridgehead atoms. The number of rotatable bonds is 7. The highest BCUT2D eigenvalue weighted by atomic mass is 16.5. The van der Waals surface area contributed by atoms with Gasteiger partial charge in [0.05, 0.1) is 13.7 Å². The zero-order valence-corrected chi connectivity index (χ0v) is 16.4. The quantitative estimate of drug-likeness (QED) is 0.578. The van der Waals surface area contributed by atoms with Crippen LogP contribution < -0.4 is 15.4 Å². The Morgan fingerprint density at radius 1 is 1.31 bits per heavy atom. The molecule has 0 aromatic heterocycles. The van der Waals surface area contributed by atoms with Crippen molar-refractivity contribution in [3.8, 4) is 5.75 Å². The van der Waals surface area contributed by atoms with Gasteiger partial charge < -0.3 is 20.3 Å². The van der Waals surface area contributed by atoms with Gasteiger partial charge in [0.1, 0.15) is 5.75 Å². The molecule has 1 unspecified atom stereocenters. The van der Waals surface area contributed by atoms with Crippen molar-refractivity contribution in [2.24, 2.45) is 16.8 Å². The molecule has 2 rings (SSSR count). The summed E-state index contributed by atoms with van der Waals surface area (Å²) >= 11 is 0. The first kappa shape index (κ1) is 20.1. The topological polar surface area (TPSA) is 66.0 Å². The van der Waals surface area contributed by atoms with E-state index in [4.69, 9.17) is 4.74 Å². The summed E-state index contributed by atoms with van der Waals surface area (Å²) in [6, 6.07) is 7.68. The highest BCUT2D eigenvalue weighted by Crippen LogP contribution is 2.23. The fourth-order valence-electron chi connectivity index (χ4n) is 3.38. The Labute approximate surface area is 157 Å². The number of nitrogens with one attached hydrogen (secondary N) is 2. The molecule has 6 heteroatoms. The van der Waals surface area contributed by atoms with Gasteiger partial charge in [0.25, 0.3) is 0 Å². The van der Waals surface area contributed by atoms with Crippen LogP contribution in [0.3, 0.4) is 0 Å². The summed E-state index contributed by atoms with van der Waals surface area (Å²) in [6.07, 6.45) is 2.44. The minimum absolute atomic E-state index is 0.0418. The van der Waals surface area contributed by atoms with Gasteiger partial charge in [-0.1, -0.05) is 26.0 Å². The van der Waals surface area contributed by atoms with Crippen molar-refractivity contribution in [3.63, 3.8) is 0 Å². The van der Waals surface area contributed by atoms with Gasteiger partial charge in [0.15, 0.2) is 5.96 Å². The van der Waals surface area contributed by atoms with Crippen molar-refractivity contribution in [3.05, 3.63) is 29.8 Å². The molecule has 1 aliphatic rings. The van der Waals surface area contributed by atoms with Crippen LogP contribution in [0.15, 0.2) is 29.3 Å². The van der Waals surface area contributed by atoms with Crippen LogP contribution in [0.1, 0.15) is 32.3 Å². The van der Waals surface area contributed by atoms with Crippen LogP contribution in [0.25, 0.3) is 0 Å². The van der Waals surface area contributed by atoms with Gasteiger partial charge in [0.2, 0.25) is 5.91 Å². The molecule has 0 saturated carbocycles. The second-order valence-corrected chi connectivity index (χ2v) is 7.26. The number of benzene rings is 1. The van der Waals surface area contributed by atoms with Gasteiger partial charge >= 0.3 is 0 Å². The van der Waals surface area contributed by atoms with E-state index in [1.54, 1.807) is 14.2 Å². The molecule has 1 fully saturated rings. The predicted octanol–water partition coefficient (Wildman–Crippen LogP) is 2.25. The lowest BCUT2D eigenvalue weighted by Gasteiger charge is -2.22. The molecule has 1 aliphatic heterocycles. The fourth-order valence-corrected chi connectivity index (χ4v) is 3.38. The number of hydrogen-bond donors (Lipinski definition) is 2. The van der Waals surface area contributed by atoms with Gasteiger partial charge in [-0.15, -0.1) is 0 Å². The first-order valence-electron chi connectivity index (χ1n) is 9.37.